The fraction of sp³-hybridized carbons (Fsp3) is 0.600. The van der Waals surface area contributed by atoms with Gasteiger partial charge in [-0.2, -0.15) is 0 Å². The minimum atomic E-state index is -1.02. The Balaban J connectivity index is 2.09. The van der Waals surface area contributed by atoms with Gasteiger partial charge in [-0.05, 0) is 45.1 Å². The largest absolute Gasteiger partial charge is 0.341 e. The highest BCUT2D eigenvalue weighted by molar-refractivity contribution is 6.04. The number of carbonyl (C=O) groups is 2. The van der Waals surface area contributed by atoms with Gasteiger partial charge < -0.3 is 9.80 Å². The van der Waals surface area contributed by atoms with Gasteiger partial charge in [-0.15, -0.1) is 0 Å². The summed E-state index contributed by atoms with van der Waals surface area (Å²) in [6.45, 7) is 6.94. The number of carbonyl (C=O) groups excluding carboxylic acids is 2. The van der Waals surface area contributed by atoms with Crippen LogP contribution >= 0.6 is 0 Å². The Hall–Kier alpha value is -1.84. The van der Waals surface area contributed by atoms with Gasteiger partial charge in [0.1, 0.15) is 5.41 Å². The van der Waals surface area contributed by atoms with Crippen molar-refractivity contribution < 1.29 is 9.59 Å². The molecule has 2 amide bonds. The Bertz CT molecular complexity index is 568. The average molecular weight is 330 g/mol. The third-order valence-electron chi connectivity index (χ3n) is 5.04. The second-order valence-electron chi connectivity index (χ2n) is 7.33. The molecule has 1 atom stereocenters. The van der Waals surface area contributed by atoms with E-state index in [1.54, 1.807) is 25.8 Å². The lowest BCUT2D eigenvalue weighted by atomic mass is 9.87. The zero-order valence-electron chi connectivity index (χ0n) is 15.4. The Kier molecular flexibility index (Phi) is 6.03. The first-order valence-electron chi connectivity index (χ1n) is 8.98. The van der Waals surface area contributed by atoms with E-state index in [2.05, 4.69) is 6.92 Å². The summed E-state index contributed by atoms with van der Waals surface area (Å²) < 4.78 is 0. The van der Waals surface area contributed by atoms with Gasteiger partial charge in [0.15, 0.2) is 0 Å². The van der Waals surface area contributed by atoms with Crippen molar-refractivity contribution in [1.82, 2.24) is 9.80 Å². The van der Waals surface area contributed by atoms with E-state index >= 15 is 0 Å². The van der Waals surface area contributed by atoms with Crippen LogP contribution in [0.15, 0.2) is 30.3 Å². The molecule has 0 saturated carbocycles. The molecule has 0 N–H and O–H groups in total. The molecule has 1 aromatic rings. The minimum Gasteiger partial charge on any atom is -0.341 e. The molecule has 1 saturated heterocycles. The van der Waals surface area contributed by atoms with E-state index in [0.717, 1.165) is 31.4 Å². The summed E-state index contributed by atoms with van der Waals surface area (Å²) >= 11 is 0. The Morgan fingerprint density at radius 1 is 1.21 bits per heavy atom. The van der Waals surface area contributed by atoms with Gasteiger partial charge in [-0.3, -0.25) is 9.59 Å². The molecule has 4 nitrogen and oxygen atoms in total. The Morgan fingerprint density at radius 2 is 1.88 bits per heavy atom. The fourth-order valence-corrected chi connectivity index (χ4v) is 3.55. The number of nitrogens with zero attached hydrogens (tertiary/aromatic N) is 2. The molecule has 0 radical (unpaired) electrons. The predicted octanol–water partition coefficient (Wildman–Crippen LogP) is 3.46. The molecule has 1 heterocycles. The van der Waals surface area contributed by atoms with Gasteiger partial charge in [0, 0.05) is 26.2 Å². The first kappa shape index (κ1) is 18.5. The third kappa shape index (κ3) is 3.97. The van der Waals surface area contributed by atoms with Gasteiger partial charge in [0.05, 0.1) is 0 Å². The third-order valence-corrected chi connectivity index (χ3v) is 5.04. The van der Waals surface area contributed by atoms with Crippen LogP contribution in [-0.2, 0) is 16.1 Å². The van der Waals surface area contributed by atoms with E-state index in [0.29, 0.717) is 6.54 Å². The van der Waals surface area contributed by atoms with Crippen molar-refractivity contribution in [3.05, 3.63) is 35.9 Å². The molecule has 1 aliphatic heterocycles. The molecule has 0 aliphatic carbocycles. The quantitative estimate of drug-likeness (QED) is 0.776. The normalized spacial score (nSPS) is 18.3. The lowest BCUT2D eigenvalue weighted by Gasteiger charge is -2.40. The van der Waals surface area contributed by atoms with Crippen molar-refractivity contribution in [2.45, 2.75) is 59.0 Å². The summed E-state index contributed by atoms with van der Waals surface area (Å²) in [5.41, 5.74) is 0.0508. The van der Waals surface area contributed by atoms with E-state index in [1.165, 1.54) is 6.42 Å². The topological polar surface area (TPSA) is 40.6 Å². The first-order chi connectivity index (χ1) is 11.4. The zero-order chi connectivity index (χ0) is 17.7. The molecule has 1 unspecified atom stereocenters. The maximum Gasteiger partial charge on any atom is 0.237 e. The molecular weight excluding hydrogens is 300 g/mol. The number of hydrogen-bond acceptors (Lipinski definition) is 2. The average Bonchev–Trinajstić information content (AvgIpc) is 2.61. The van der Waals surface area contributed by atoms with Crippen molar-refractivity contribution >= 4 is 11.8 Å². The highest BCUT2D eigenvalue weighted by Crippen LogP contribution is 2.28. The molecule has 0 spiro atoms. The molecule has 24 heavy (non-hydrogen) atoms. The summed E-state index contributed by atoms with van der Waals surface area (Å²) in [5, 5.41) is 0. The maximum atomic E-state index is 13.1. The molecule has 132 valence electrons. The molecule has 1 fully saturated rings. The molecule has 0 aromatic heterocycles. The number of amides is 2. The highest BCUT2D eigenvalue weighted by Gasteiger charge is 2.42. The van der Waals surface area contributed by atoms with Gasteiger partial charge in [-0.1, -0.05) is 37.3 Å². The van der Waals surface area contributed by atoms with Gasteiger partial charge in [0.25, 0.3) is 0 Å². The highest BCUT2D eigenvalue weighted by atomic mass is 16.2. The van der Waals surface area contributed by atoms with Crippen LogP contribution in [0.2, 0.25) is 0 Å². The second kappa shape index (κ2) is 7.82. The second-order valence-corrected chi connectivity index (χ2v) is 7.33. The van der Waals surface area contributed by atoms with Gasteiger partial charge in [0.2, 0.25) is 11.8 Å². The van der Waals surface area contributed by atoms with Crippen LogP contribution in [0.25, 0.3) is 0 Å². The van der Waals surface area contributed by atoms with Crippen molar-refractivity contribution in [2.24, 2.45) is 5.41 Å². The van der Waals surface area contributed by atoms with Crippen molar-refractivity contribution in [3.63, 3.8) is 0 Å². The molecule has 2 rings (SSSR count). The SMILES string of the molecule is CCC1CCCCN1C(=O)C(C)(C)C(=O)N(C)Cc1ccccc1. The summed E-state index contributed by atoms with van der Waals surface area (Å²) in [6, 6.07) is 10.2. The van der Waals surface area contributed by atoms with Crippen molar-refractivity contribution in [2.75, 3.05) is 13.6 Å². The van der Waals surface area contributed by atoms with E-state index in [-0.39, 0.29) is 17.9 Å². The molecule has 4 heteroatoms. The standard InChI is InChI=1S/C20H30N2O2/c1-5-17-13-9-10-14-22(17)19(24)20(2,3)18(23)21(4)15-16-11-7-6-8-12-16/h6-8,11-12,17H,5,9-10,13-15H2,1-4H3. The Morgan fingerprint density at radius 3 is 2.50 bits per heavy atom. The number of hydrogen-bond donors (Lipinski definition) is 0. The lowest BCUT2D eigenvalue weighted by molar-refractivity contribution is -0.156. The fourth-order valence-electron chi connectivity index (χ4n) is 3.55. The van der Waals surface area contributed by atoms with Crippen LogP contribution in [0.4, 0.5) is 0 Å². The number of piperidine rings is 1. The molecule has 0 bridgehead atoms. The van der Waals surface area contributed by atoms with Gasteiger partial charge in [-0.25, -0.2) is 0 Å². The summed E-state index contributed by atoms with van der Waals surface area (Å²) in [5.74, 6) is -0.143. The minimum absolute atomic E-state index is 0.0287. The van der Waals surface area contributed by atoms with Crippen LogP contribution in [0.5, 0.6) is 0 Å². The zero-order valence-corrected chi connectivity index (χ0v) is 15.4. The number of likely N-dealkylation sites (tertiary alicyclic amines) is 1. The monoisotopic (exact) mass is 330 g/mol. The summed E-state index contributed by atoms with van der Waals surface area (Å²) in [6.07, 6.45) is 4.21. The Labute approximate surface area is 145 Å². The van der Waals surface area contributed by atoms with Crippen LogP contribution in [0, 0.1) is 5.41 Å². The van der Waals surface area contributed by atoms with Gasteiger partial charge >= 0.3 is 0 Å². The van der Waals surface area contributed by atoms with Crippen LogP contribution in [-0.4, -0.2) is 41.2 Å². The number of benzene rings is 1. The summed E-state index contributed by atoms with van der Waals surface area (Å²) in [4.78, 5) is 29.6. The molecule has 1 aromatic carbocycles. The van der Waals surface area contributed by atoms with Crippen LogP contribution in [0.3, 0.4) is 0 Å². The molecule has 1 aliphatic rings. The summed E-state index contributed by atoms with van der Waals surface area (Å²) in [7, 11) is 1.78. The first-order valence-corrected chi connectivity index (χ1v) is 8.98. The van der Waals surface area contributed by atoms with Crippen molar-refractivity contribution in [3.8, 4) is 0 Å². The van der Waals surface area contributed by atoms with E-state index in [4.69, 9.17) is 0 Å². The van der Waals surface area contributed by atoms with Crippen LogP contribution in [0.1, 0.15) is 52.0 Å². The van der Waals surface area contributed by atoms with Crippen LogP contribution < -0.4 is 0 Å². The smallest absolute Gasteiger partial charge is 0.237 e. The van der Waals surface area contributed by atoms with E-state index in [1.807, 2.05) is 35.2 Å². The lowest BCUT2D eigenvalue weighted by Crippen LogP contribution is -2.54. The molecular formula is C20H30N2O2. The number of rotatable bonds is 5. The maximum absolute atomic E-state index is 13.1. The van der Waals surface area contributed by atoms with E-state index < -0.39 is 5.41 Å². The van der Waals surface area contributed by atoms with E-state index in [9.17, 15) is 9.59 Å². The van der Waals surface area contributed by atoms with Crippen molar-refractivity contribution in [1.29, 1.82) is 0 Å². The predicted molar refractivity (Wildman–Crippen MR) is 96.3 cm³/mol.